The lowest BCUT2D eigenvalue weighted by molar-refractivity contribution is -0.133. The van der Waals surface area contributed by atoms with Gasteiger partial charge in [0.25, 0.3) is 0 Å². The molecule has 1 aromatic rings. The van der Waals surface area contributed by atoms with E-state index in [9.17, 15) is 4.79 Å². The normalized spacial score (nSPS) is 22.5. The summed E-state index contributed by atoms with van der Waals surface area (Å²) in [6.07, 6.45) is 5.99. The van der Waals surface area contributed by atoms with E-state index in [0.29, 0.717) is 5.92 Å². The van der Waals surface area contributed by atoms with Gasteiger partial charge in [-0.25, -0.2) is 0 Å². The molecule has 21 heavy (non-hydrogen) atoms. The van der Waals surface area contributed by atoms with E-state index in [-0.39, 0.29) is 11.9 Å². The van der Waals surface area contributed by atoms with Crippen LogP contribution in [0.4, 0.5) is 0 Å². The van der Waals surface area contributed by atoms with Crippen LogP contribution in [-0.2, 0) is 4.79 Å². The average Bonchev–Trinajstić information content (AvgIpc) is 3.09. The molecule has 0 unspecified atom stereocenters. The number of amides is 1. The van der Waals surface area contributed by atoms with Crippen LogP contribution in [0.1, 0.15) is 24.3 Å². The van der Waals surface area contributed by atoms with E-state index in [2.05, 4.69) is 17.4 Å². The van der Waals surface area contributed by atoms with Gasteiger partial charge in [0.2, 0.25) is 5.91 Å². The first-order valence-corrected chi connectivity index (χ1v) is 7.61. The van der Waals surface area contributed by atoms with Crippen LogP contribution in [0.3, 0.4) is 0 Å². The van der Waals surface area contributed by atoms with Crippen LogP contribution in [0, 0.1) is 0 Å². The van der Waals surface area contributed by atoms with Crippen molar-refractivity contribution in [1.29, 1.82) is 0 Å². The lowest BCUT2D eigenvalue weighted by Gasteiger charge is -2.34. The molecule has 112 valence electrons. The van der Waals surface area contributed by atoms with Crippen LogP contribution in [0.5, 0.6) is 5.75 Å². The molecule has 4 nitrogen and oxygen atoms in total. The molecule has 1 saturated heterocycles. The topological polar surface area (TPSA) is 41.6 Å². The molecule has 0 bridgehead atoms. The molecule has 1 atom stereocenters. The van der Waals surface area contributed by atoms with Gasteiger partial charge in [-0.1, -0.05) is 30.4 Å². The second-order valence-corrected chi connectivity index (χ2v) is 5.66. The molecule has 2 aliphatic heterocycles. The molecule has 1 amide bonds. The van der Waals surface area contributed by atoms with Crippen molar-refractivity contribution in [3.05, 3.63) is 42.0 Å². The van der Waals surface area contributed by atoms with E-state index in [1.54, 1.807) is 7.11 Å². The number of hydrogen-bond donors (Lipinski definition) is 1. The van der Waals surface area contributed by atoms with Gasteiger partial charge in [-0.3, -0.25) is 10.1 Å². The smallest absolute Gasteiger partial charge is 0.243 e. The Hall–Kier alpha value is -1.81. The molecule has 3 rings (SSSR count). The SMILES string of the molecule is COc1ccccc1C1CCN(C(=O)[C@@H]2C=CCN2)CC1. The lowest BCUT2D eigenvalue weighted by atomic mass is 9.88. The van der Waals surface area contributed by atoms with Crippen LogP contribution in [0.25, 0.3) is 0 Å². The highest BCUT2D eigenvalue weighted by Crippen LogP contribution is 2.34. The number of ether oxygens (including phenoxy) is 1. The van der Waals surface area contributed by atoms with Gasteiger partial charge < -0.3 is 9.64 Å². The van der Waals surface area contributed by atoms with E-state index in [4.69, 9.17) is 4.74 Å². The molecule has 0 radical (unpaired) electrons. The number of hydrogen-bond acceptors (Lipinski definition) is 3. The Labute approximate surface area is 125 Å². The fraction of sp³-hybridized carbons (Fsp3) is 0.471. The highest BCUT2D eigenvalue weighted by molar-refractivity contribution is 5.84. The third kappa shape index (κ3) is 2.95. The molecular weight excluding hydrogens is 264 g/mol. The highest BCUT2D eigenvalue weighted by Gasteiger charge is 2.29. The van der Waals surface area contributed by atoms with E-state index in [0.717, 1.165) is 38.2 Å². The van der Waals surface area contributed by atoms with Crippen LogP contribution in [-0.4, -0.2) is 43.6 Å². The van der Waals surface area contributed by atoms with Gasteiger partial charge >= 0.3 is 0 Å². The number of nitrogens with zero attached hydrogens (tertiary/aromatic N) is 1. The molecular formula is C17H22N2O2. The van der Waals surface area contributed by atoms with Gasteiger partial charge in [0.15, 0.2) is 0 Å². The van der Waals surface area contributed by atoms with Gasteiger partial charge in [-0.15, -0.1) is 0 Å². The molecule has 1 N–H and O–H groups in total. The maximum Gasteiger partial charge on any atom is 0.243 e. The van der Waals surface area contributed by atoms with Crippen LogP contribution in [0.15, 0.2) is 36.4 Å². The largest absolute Gasteiger partial charge is 0.496 e. The van der Waals surface area contributed by atoms with Crippen molar-refractivity contribution in [2.45, 2.75) is 24.8 Å². The molecule has 4 heteroatoms. The van der Waals surface area contributed by atoms with Gasteiger partial charge in [0.1, 0.15) is 11.8 Å². The van der Waals surface area contributed by atoms with Crippen LogP contribution >= 0.6 is 0 Å². The van der Waals surface area contributed by atoms with Crippen molar-refractivity contribution in [2.24, 2.45) is 0 Å². The van der Waals surface area contributed by atoms with E-state index in [1.807, 2.05) is 29.2 Å². The second-order valence-electron chi connectivity index (χ2n) is 5.66. The van der Waals surface area contributed by atoms with Gasteiger partial charge in [-0.05, 0) is 30.4 Å². The molecule has 2 aliphatic rings. The zero-order valence-electron chi connectivity index (χ0n) is 12.4. The average molecular weight is 286 g/mol. The molecule has 0 saturated carbocycles. The number of para-hydroxylation sites is 1. The number of carbonyl (C=O) groups excluding carboxylic acids is 1. The van der Waals surface area contributed by atoms with Crippen molar-refractivity contribution in [3.8, 4) is 5.75 Å². The predicted molar refractivity (Wildman–Crippen MR) is 82.5 cm³/mol. The first kappa shape index (κ1) is 14.1. The Balaban J connectivity index is 1.62. The third-order valence-electron chi connectivity index (χ3n) is 4.44. The van der Waals surface area contributed by atoms with Gasteiger partial charge in [0, 0.05) is 19.6 Å². The van der Waals surface area contributed by atoms with E-state index >= 15 is 0 Å². The number of likely N-dealkylation sites (tertiary alicyclic amines) is 1. The third-order valence-corrected chi connectivity index (χ3v) is 4.44. The first-order valence-electron chi connectivity index (χ1n) is 7.61. The summed E-state index contributed by atoms with van der Waals surface area (Å²) in [4.78, 5) is 14.3. The van der Waals surface area contributed by atoms with Crippen molar-refractivity contribution >= 4 is 5.91 Å². The summed E-state index contributed by atoms with van der Waals surface area (Å²) in [6, 6.07) is 8.09. The summed E-state index contributed by atoms with van der Waals surface area (Å²) in [6.45, 7) is 2.45. The predicted octanol–water partition coefficient (Wildman–Crippen LogP) is 1.93. The minimum atomic E-state index is -0.118. The van der Waals surface area contributed by atoms with Crippen LogP contribution < -0.4 is 10.1 Å². The quantitative estimate of drug-likeness (QED) is 0.863. The molecule has 2 heterocycles. The summed E-state index contributed by atoms with van der Waals surface area (Å²) < 4.78 is 5.45. The standard InChI is InChI=1S/C17H22N2O2/c1-21-16-7-3-2-5-14(16)13-8-11-19(12-9-13)17(20)15-6-4-10-18-15/h2-7,13,15,18H,8-12H2,1H3/t15-/m0/s1. The molecule has 0 aromatic heterocycles. The van der Waals surface area contributed by atoms with Crippen LogP contribution in [0.2, 0.25) is 0 Å². The number of piperidine rings is 1. The van der Waals surface area contributed by atoms with Crippen molar-refractivity contribution in [1.82, 2.24) is 10.2 Å². The minimum Gasteiger partial charge on any atom is -0.496 e. The Morgan fingerprint density at radius 2 is 2.05 bits per heavy atom. The van der Waals surface area contributed by atoms with Gasteiger partial charge in [0.05, 0.1) is 7.11 Å². The van der Waals surface area contributed by atoms with Crippen molar-refractivity contribution < 1.29 is 9.53 Å². The fourth-order valence-corrected chi connectivity index (χ4v) is 3.25. The monoisotopic (exact) mass is 286 g/mol. The Bertz CT molecular complexity index is 533. The number of benzene rings is 1. The number of methoxy groups -OCH3 is 1. The summed E-state index contributed by atoms with van der Waals surface area (Å²) in [5.41, 5.74) is 1.27. The highest BCUT2D eigenvalue weighted by atomic mass is 16.5. The summed E-state index contributed by atoms with van der Waals surface area (Å²) >= 11 is 0. The first-order chi connectivity index (χ1) is 10.3. The molecule has 1 fully saturated rings. The fourth-order valence-electron chi connectivity index (χ4n) is 3.25. The molecule has 1 aromatic carbocycles. The van der Waals surface area contributed by atoms with E-state index < -0.39 is 0 Å². The van der Waals surface area contributed by atoms with Crippen molar-refractivity contribution in [2.75, 3.05) is 26.7 Å². The molecule has 0 spiro atoms. The Kier molecular flexibility index (Phi) is 4.25. The summed E-state index contributed by atoms with van der Waals surface area (Å²) in [5.74, 6) is 1.65. The Morgan fingerprint density at radius 1 is 1.29 bits per heavy atom. The minimum absolute atomic E-state index is 0.118. The van der Waals surface area contributed by atoms with Gasteiger partial charge in [-0.2, -0.15) is 0 Å². The number of nitrogens with one attached hydrogen (secondary N) is 1. The second kappa shape index (κ2) is 6.31. The maximum absolute atomic E-state index is 12.4. The zero-order valence-corrected chi connectivity index (χ0v) is 12.4. The number of carbonyl (C=O) groups is 1. The summed E-state index contributed by atoms with van der Waals surface area (Å²) in [5, 5.41) is 3.19. The van der Waals surface area contributed by atoms with E-state index in [1.165, 1.54) is 5.56 Å². The lowest BCUT2D eigenvalue weighted by Crippen LogP contribution is -2.46. The van der Waals surface area contributed by atoms with Crippen molar-refractivity contribution in [3.63, 3.8) is 0 Å². The Morgan fingerprint density at radius 3 is 2.71 bits per heavy atom. The zero-order chi connectivity index (χ0) is 14.7. The summed E-state index contributed by atoms with van der Waals surface area (Å²) in [7, 11) is 1.72. The molecule has 0 aliphatic carbocycles. The number of rotatable bonds is 3. The maximum atomic E-state index is 12.4.